The molecule has 0 radical (unpaired) electrons. The molecule has 0 saturated heterocycles. The molecule has 0 bridgehead atoms. The molecule has 0 heterocycles. The summed E-state index contributed by atoms with van der Waals surface area (Å²) < 4.78 is 10.4. The van der Waals surface area contributed by atoms with Crippen LogP contribution in [0.25, 0.3) is 5.57 Å². The van der Waals surface area contributed by atoms with Gasteiger partial charge in [-0.3, -0.25) is 0 Å². The topological polar surface area (TPSA) is 18.5 Å². The maximum absolute atomic E-state index is 5.18. The molecule has 104 valence electrons. The minimum Gasteiger partial charge on any atom is -0.497 e. The first-order valence-electron chi connectivity index (χ1n) is 6.63. The number of hydrogen-bond donors (Lipinski definition) is 0. The van der Waals surface area contributed by atoms with E-state index in [0.717, 1.165) is 22.6 Å². The first-order chi connectivity index (χ1) is 9.65. The van der Waals surface area contributed by atoms with Crippen molar-refractivity contribution in [2.24, 2.45) is 0 Å². The van der Waals surface area contributed by atoms with Crippen LogP contribution in [-0.2, 0) is 0 Å². The molecule has 20 heavy (non-hydrogen) atoms. The van der Waals surface area contributed by atoms with Gasteiger partial charge in [0.05, 0.1) is 14.2 Å². The second-order valence-corrected chi connectivity index (χ2v) is 4.75. The fourth-order valence-corrected chi connectivity index (χ4v) is 2.15. The van der Waals surface area contributed by atoms with E-state index in [-0.39, 0.29) is 5.92 Å². The summed E-state index contributed by atoms with van der Waals surface area (Å²) >= 11 is 0. The maximum atomic E-state index is 5.18. The Kier molecular flexibility index (Phi) is 4.46. The predicted molar refractivity (Wildman–Crippen MR) is 83.4 cm³/mol. The monoisotopic (exact) mass is 268 g/mol. The predicted octanol–water partition coefficient (Wildman–Crippen LogP) is 4.52. The molecule has 0 N–H and O–H groups in total. The molecule has 0 saturated carbocycles. The maximum Gasteiger partial charge on any atom is 0.118 e. The molecule has 0 aromatic heterocycles. The highest BCUT2D eigenvalue weighted by Gasteiger charge is 2.11. The van der Waals surface area contributed by atoms with Crippen LogP contribution >= 0.6 is 0 Å². The van der Waals surface area contributed by atoms with Crippen molar-refractivity contribution in [2.75, 3.05) is 14.2 Å². The molecular weight excluding hydrogens is 248 g/mol. The van der Waals surface area contributed by atoms with Crippen molar-refractivity contribution in [2.45, 2.75) is 12.8 Å². The lowest BCUT2D eigenvalue weighted by molar-refractivity contribution is 0.414. The van der Waals surface area contributed by atoms with Crippen molar-refractivity contribution in [3.63, 3.8) is 0 Å². The largest absolute Gasteiger partial charge is 0.497 e. The first-order valence-corrected chi connectivity index (χ1v) is 6.63. The van der Waals surface area contributed by atoms with Crippen molar-refractivity contribution in [1.29, 1.82) is 0 Å². The number of benzene rings is 2. The van der Waals surface area contributed by atoms with E-state index >= 15 is 0 Å². The van der Waals surface area contributed by atoms with Gasteiger partial charge in [0.1, 0.15) is 11.5 Å². The average molecular weight is 268 g/mol. The quantitative estimate of drug-likeness (QED) is 0.793. The average Bonchev–Trinajstić information content (AvgIpc) is 2.53. The fraction of sp³-hybridized carbons (Fsp3) is 0.222. The van der Waals surface area contributed by atoms with E-state index in [1.165, 1.54) is 5.56 Å². The number of methoxy groups -OCH3 is 2. The van der Waals surface area contributed by atoms with E-state index in [9.17, 15) is 0 Å². The van der Waals surface area contributed by atoms with E-state index in [1.54, 1.807) is 14.2 Å². The van der Waals surface area contributed by atoms with E-state index < -0.39 is 0 Å². The van der Waals surface area contributed by atoms with Gasteiger partial charge in [-0.1, -0.05) is 37.8 Å². The van der Waals surface area contributed by atoms with Gasteiger partial charge in [-0.15, -0.1) is 0 Å². The number of allylic oxidation sites excluding steroid dienone is 1. The van der Waals surface area contributed by atoms with Gasteiger partial charge in [0.15, 0.2) is 0 Å². The van der Waals surface area contributed by atoms with Crippen LogP contribution in [0.5, 0.6) is 11.5 Å². The molecule has 1 atom stereocenters. The summed E-state index contributed by atoms with van der Waals surface area (Å²) in [4.78, 5) is 0. The highest BCUT2D eigenvalue weighted by atomic mass is 16.5. The molecule has 2 rings (SSSR count). The van der Waals surface area contributed by atoms with E-state index in [2.05, 4.69) is 25.6 Å². The molecule has 0 fully saturated rings. The number of ether oxygens (including phenoxy) is 2. The SMILES string of the molecule is C=C(c1ccc(OC)cc1)C(C)c1ccc(OC)cc1. The molecular formula is C18H20O2. The van der Waals surface area contributed by atoms with Crippen LogP contribution in [0.1, 0.15) is 24.0 Å². The zero-order valence-corrected chi connectivity index (χ0v) is 12.2. The van der Waals surface area contributed by atoms with Crippen molar-refractivity contribution in [3.8, 4) is 11.5 Å². The summed E-state index contributed by atoms with van der Waals surface area (Å²) in [5.41, 5.74) is 3.46. The fourth-order valence-electron chi connectivity index (χ4n) is 2.15. The third kappa shape index (κ3) is 3.02. The van der Waals surface area contributed by atoms with Crippen LogP contribution in [-0.4, -0.2) is 14.2 Å². The Balaban J connectivity index is 2.17. The Morgan fingerprint density at radius 1 is 0.850 bits per heavy atom. The van der Waals surface area contributed by atoms with Crippen molar-refractivity contribution in [3.05, 3.63) is 66.2 Å². The van der Waals surface area contributed by atoms with E-state index in [4.69, 9.17) is 9.47 Å². The molecule has 0 aliphatic heterocycles. The minimum atomic E-state index is 0.259. The molecule has 0 spiro atoms. The van der Waals surface area contributed by atoms with Crippen molar-refractivity contribution >= 4 is 5.57 Å². The third-order valence-electron chi connectivity index (χ3n) is 3.60. The summed E-state index contributed by atoms with van der Waals surface area (Å²) in [6.45, 7) is 6.39. The highest BCUT2D eigenvalue weighted by molar-refractivity contribution is 5.69. The molecule has 0 amide bonds. The Morgan fingerprint density at radius 2 is 1.30 bits per heavy atom. The minimum absolute atomic E-state index is 0.259. The second kappa shape index (κ2) is 6.29. The third-order valence-corrected chi connectivity index (χ3v) is 3.60. The smallest absolute Gasteiger partial charge is 0.118 e. The van der Waals surface area contributed by atoms with Gasteiger partial charge in [0.25, 0.3) is 0 Å². The lowest BCUT2D eigenvalue weighted by atomic mass is 9.89. The summed E-state index contributed by atoms with van der Waals surface area (Å²) in [6, 6.07) is 16.1. The molecule has 2 aromatic rings. The summed E-state index contributed by atoms with van der Waals surface area (Å²) in [7, 11) is 3.35. The number of hydrogen-bond acceptors (Lipinski definition) is 2. The van der Waals surface area contributed by atoms with Crippen molar-refractivity contribution in [1.82, 2.24) is 0 Å². The zero-order chi connectivity index (χ0) is 14.5. The summed E-state index contributed by atoms with van der Waals surface area (Å²) in [6.07, 6.45) is 0. The Bertz CT molecular complexity index is 567. The van der Waals surface area contributed by atoms with Crippen molar-refractivity contribution < 1.29 is 9.47 Å². The van der Waals surface area contributed by atoms with Crippen LogP contribution < -0.4 is 9.47 Å². The van der Waals surface area contributed by atoms with Gasteiger partial charge in [-0.25, -0.2) is 0 Å². The highest BCUT2D eigenvalue weighted by Crippen LogP contribution is 2.31. The molecule has 0 aliphatic rings. The van der Waals surface area contributed by atoms with E-state index in [1.807, 2.05) is 36.4 Å². The van der Waals surface area contributed by atoms with Crippen LogP contribution in [0.2, 0.25) is 0 Å². The molecule has 1 unspecified atom stereocenters. The summed E-state index contributed by atoms with van der Waals surface area (Å²) in [5.74, 6) is 1.99. The van der Waals surface area contributed by atoms with Gasteiger partial charge in [0, 0.05) is 5.92 Å². The Labute approximate surface area is 120 Å². The van der Waals surface area contributed by atoms with Crippen LogP contribution in [0.4, 0.5) is 0 Å². The lowest BCUT2D eigenvalue weighted by Crippen LogP contribution is -1.97. The second-order valence-electron chi connectivity index (χ2n) is 4.75. The van der Waals surface area contributed by atoms with Gasteiger partial charge in [0.2, 0.25) is 0 Å². The zero-order valence-electron chi connectivity index (χ0n) is 12.2. The molecule has 2 aromatic carbocycles. The van der Waals surface area contributed by atoms with Gasteiger partial charge in [-0.05, 0) is 41.0 Å². The molecule has 2 nitrogen and oxygen atoms in total. The summed E-state index contributed by atoms with van der Waals surface area (Å²) in [5, 5.41) is 0. The standard InChI is InChI=1S/C18H20O2/c1-13(15-5-9-17(19-3)10-6-15)14(2)16-7-11-18(20-4)12-8-16/h5-12,14H,1H2,2-4H3. The van der Waals surface area contributed by atoms with Crippen LogP contribution in [0.15, 0.2) is 55.1 Å². The van der Waals surface area contributed by atoms with Gasteiger partial charge in [-0.2, -0.15) is 0 Å². The van der Waals surface area contributed by atoms with Crippen LogP contribution in [0.3, 0.4) is 0 Å². The molecule has 2 heteroatoms. The van der Waals surface area contributed by atoms with E-state index in [0.29, 0.717) is 0 Å². The van der Waals surface area contributed by atoms with Gasteiger partial charge >= 0.3 is 0 Å². The first kappa shape index (κ1) is 14.2. The normalized spacial score (nSPS) is 11.8. The Morgan fingerprint density at radius 3 is 1.75 bits per heavy atom. The lowest BCUT2D eigenvalue weighted by Gasteiger charge is -2.16. The van der Waals surface area contributed by atoms with Crippen LogP contribution in [0, 0.1) is 0 Å². The number of rotatable bonds is 5. The Hall–Kier alpha value is -2.22. The van der Waals surface area contributed by atoms with Gasteiger partial charge < -0.3 is 9.47 Å². The molecule has 0 aliphatic carbocycles.